The van der Waals surface area contributed by atoms with Gasteiger partial charge in [0.1, 0.15) is 5.75 Å². The Morgan fingerprint density at radius 2 is 2.11 bits per heavy atom. The molecular weight excluding hydrogens is 236 g/mol. The first-order valence-electron chi connectivity index (χ1n) is 7.25. The van der Waals surface area contributed by atoms with Crippen LogP contribution in [0.1, 0.15) is 27.2 Å². The van der Waals surface area contributed by atoms with Crippen molar-refractivity contribution < 1.29 is 4.74 Å². The second-order valence-electron chi connectivity index (χ2n) is 6.02. The van der Waals surface area contributed by atoms with Crippen LogP contribution in [-0.4, -0.2) is 26.2 Å². The Kier molecular flexibility index (Phi) is 4.35. The van der Waals surface area contributed by atoms with Crippen LogP contribution in [0.4, 0.5) is 5.69 Å². The van der Waals surface area contributed by atoms with Gasteiger partial charge in [0.05, 0.1) is 12.3 Å². The van der Waals surface area contributed by atoms with Gasteiger partial charge in [0.15, 0.2) is 0 Å². The van der Waals surface area contributed by atoms with Crippen molar-refractivity contribution in [2.45, 2.75) is 27.2 Å². The van der Waals surface area contributed by atoms with Crippen molar-refractivity contribution in [3.63, 3.8) is 0 Å². The fourth-order valence-corrected chi connectivity index (χ4v) is 2.84. The van der Waals surface area contributed by atoms with E-state index in [4.69, 9.17) is 10.5 Å². The van der Waals surface area contributed by atoms with E-state index in [1.165, 1.54) is 12.1 Å². The molecule has 1 aliphatic heterocycles. The highest BCUT2D eigenvalue weighted by Crippen LogP contribution is 2.39. The van der Waals surface area contributed by atoms with Crippen LogP contribution in [-0.2, 0) is 0 Å². The molecule has 1 saturated heterocycles. The van der Waals surface area contributed by atoms with E-state index >= 15 is 0 Å². The molecular formula is C16H26N2O. The summed E-state index contributed by atoms with van der Waals surface area (Å²) in [5.74, 6) is 1.52. The van der Waals surface area contributed by atoms with E-state index in [1.54, 1.807) is 0 Å². The van der Waals surface area contributed by atoms with Crippen LogP contribution in [0.2, 0.25) is 0 Å². The highest BCUT2D eigenvalue weighted by Gasteiger charge is 2.35. The Labute approximate surface area is 116 Å². The van der Waals surface area contributed by atoms with E-state index in [1.807, 2.05) is 13.0 Å². The zero-order valence-electron chi connectivity index (χ0n) is 12.4. The van der Waals surface area contributed by atoms with Gasteiger partial charge < -0.3 is 15.4 Å². The van der Waals surface area contributed by atoms with Gasteiger partial charge in [0.25, 0.3) is 0 Å². The van der Waals surface area contributed by atoms with Crippen LogP contribution in [0.15, 0.2) is 24.3 Å². The lowest BCUT2D eigenvalue weighted by Crippen LogP contribution is -2.47. The molecule has 0 radical (unpaired) electrons. The summed E-state index contributed by atoms with van der Waals surface area (Å²) in [5.41, 5.74) is 7.50. The van der Waals surface area contributed by atoms with Gasteiger partial charge >= 0.3 is 0 Å². The number of piperidine rings is 1. The number of hydrogen-bond donors (Lipinski definition) is 1. The average Bonchev–Trinajstić information content (AvgIpc) is 2.40. The van der Waals surface area contributed by atoms with Crippen molar-refractivity contribution in [2.75, 3.05) is 31.1 Å². The van der Waals surface area contributed by atoms with Crippen molar-refractivity contribution >= 4 is 5.69 Å². The summed E-state index contributed by atoms with van der Waals surface area (Å²) in [6, 6.07) is 8.31. The Bertz CT molecular complexity index is 417. The zero-order chi connectivity index (χ0) is 13.9. The van der Waals surface area contributed by atoms with Gasteiger partial charge in [-0.05, 0) is 43.4 Å². The van der Waals surface area contributed by atoms with Crippen LogP contribution < -0.4 is 15.4 Å². The number of nitrogens with two attached hydrogens (primary N) is 1. The molecule has 0 spiro atoms. The minimum atomic E-state index is 0.339. The fraction of sp³-hybridized carbons (Fsp3) is 0.625. The molecule has 1 fully saturated rings. The third-order valence-corrected chi connectivity index (χ3v) is 4.36. The predicted molar refractivity (Wildman–Crippen MR) is 80.8 cm³/mol. The van der Waals surface area contributed by atoms with E-state index < -0.39 is 0 Å². The summed E-state index contributed by atoms with van der Waals surface area (Å²) in [6.07, 6.45) is 1.18. The molecule has 2 rings (SSSR count). The molecule has 0 aliphatic carbocycles. The topological polar surface area (TPSA) is 38.5 Å². The van der Waals surface area contributed by atoms with E-state index in [0.29, 0.717) is 17.9 Å². The van der Waals surface area contributed by atoms with Crippen molar-refractivity contribution in [3.8, 4) is 5.75 Å². The lowest BCUT2D eigenvalue weighted by molar-refractivity contribution is 0.176. The molecule has 1 aliphatic rings. The fourth-order valence-electron chi connectivity index (χ4n) is 2.84. The maximum atomic E-state index is 5.96. The normalized spacial score (nSPS) is 22.3. The van der Waals surface area contributed by atoms with Gasteiger partial charge in [-0.1, -0.05) is 26.0 Å². The van der Waals surface area contributed by atoms with Gasteiger partial charge in [-0.15, -0.1) is 0 Å². The van der Waals surface area contributed by atoms with Crippen LogP contribution in [0, 0.1) is 11.3 Å². The Morgan fingerprint density at radius 1 is 1.37 bits per heavy atom. The summed E-state index contributed by atoms with van der Waals surface area (Å²) in [6.45, 7) is 10.2. The lowest BCUT2D eigenvalue weighted by Gasteiger charge is -2.44. The molecule has 1 aromatic carbocycles. The Balaban J connectivity index is 2.19. The van der Waals surface area contributed by atoms with Crippen LogP contribution in [0.5, 0.6) is 5.75 Å². The molecule has 0 saturated carbocycles. The second kappa shape index (κ2) is 5.83. The van der Waals surface area contributed by atoms with Crippen LogP contribution in [0.25, 0.3) is 0 Å². The molecule has 3 heteroatoms. The number of hydrogen-bond acceptors (Lipinski definition) is 3. The zero-order valence-corrected chi connectivity index (χ0v) is 12.4. The maximum absolute atomic E-state index is 5.96. The summed E-state index contributed by atoms with van der Waals surface area (Å²) in [5, 5.41) is 0. The molecule has 0 bridgehead atoms. The number of ether oxygens (including phenoxy) is 1. The summed E-state index contributed by atoms with van der Waals surface area (Å²) >= 11 is 0. The van der Waals surface area contributed by atoms with Gasteiger partial charge in [0.2, 0.25) is 0 Å². The predicted octanol–water partition coefficient (Wildman–Crippen LogP) is 2.90. The molecule has 1 unspecified atom stereocenters. The van der Waals surface area contributed by atoms with E-state index in [-0.39, 0.29) is 0 Å². The molecule has 0 amide bonds. The van der Waals surface area contributed by atoms with Crippen molar-refractivity contribution in [1.82, 2.24) is 0 Å². The van der Waals surface area contributed by atoms with Gasteiger partial charge in [-0.25, -0.2) is 0 Å². The number of para-hydroxylation sites is 2. The first-order chi connectivity index (χ1) is 9.08. The standard InChI is InChI=1S/C16H26N2O/c1-4-19-15-8-6-5-7-14(15)18-10-9-16(2,3)13(11-17)12-18/h5-8,13H,4,9-12,17H2,1-3H3. The molecule has 3 nitrogen and oxygen atoms in total. The molecule has 1 atom stereocenters. The maximum Gasteiger partial charge on any atom is 0.142 e. The van der Waals surface area contributed by atoms with Crippen LogP contribution >= 0.6 is 0 Å². The monoisotopic (exact) mass is 262 g/mol. The van der Waals surface area contributed by atoms with Gasteiger partial charge in [-0.3, -0.25) is 0 Å². The SMILES string of the molecule is CCOc1ccccc1N1CCC(C)(C)C(CN)C1. The van der Waals surface area contributed by atoms with Crippen molar-refractivity contribution in [3.05, 3.63) is 24.3 Å². The molecule has 0 aromatic heterocycles. The van der Waals surface area contributed by atoms with Gasteiger partial charge in [-0.2, -0.15) is 0 Å². The Hall–Kier alpha value is -1.22. The first-order valence-corrected chi connectivity index (χ1v) is 7.25. The number of rotatable bonds is 4. The molecule has 1 aromatic rings. The first kappa shape index (κ1) is 14.2. The molecule has 106 valence electrons. The highest BCUT2D eigenvalue weighted by molar-refractivity contribution is 5.58. The second-order valence-corrected chi connectivity index (χ2v) is 6.02. The minimum absolute atomic E-state index is 0.339. The average molecular weight is 262 g/mol. The van der Waals surface area contributed by atoms with Crippen LogP contribution in [0.3, 0.4) is 0 Å². The third-order valence-electron chi connectivity index (χ3n) is 4.36. The molecule has 2 N–H and O–H groups in total. The summed E-state index contributed by atoms with van der Waals surface area (Å²) in [4.78, 5) is 2.42. The van der Waals surface area contributed by atoms with E-state index in [0.717, 1.165) is 25.4 Å². The lowest BCUT2D eigenvalue weighted by atomic mass is 9.73. The van der Waals surface area contributed by atoms with Crippen molar-refractivity contribution in [2.24, 2.45) is 17.1 Å². The van der Waals surface area contributed by atoms with E-state index in [9.17, 15) is 0 Å². The molecule has 19 heavy (non-hydrogen) atoms. The van der Waals surface area contributed by atoms with Crippen molar-refractivity contribution in [1.29, 1.82) is 0 Å². The summed E-state index contributed by atoms with van der Waals surface area (Å²) < 4.78 is 5.74. The molecule has 1 heterocycles. The number of anilines is 1. The Morgan fingerprint density at radius 3 is 2.79 bits per heavy atom. The van der Waals surface area contributed by atoms with Gasteiger partial charge in [0, 0.05) is 13.1 Å². The highest BCUT2D eigenvalue weighted by atomic mass is 16.5. The third kappa shape index (κ3) is 3.03. The minimum Gasteiger partial charge on any atom is -0.492 e. The summed E-state index contributed by atoms with van der Waals surface area (Å²) in [7, 11) is 0. The number of benzene rings is 1. The number of nitrogens with zero attached hydrogens (tertiary/aromatic N) is 1. The van der Waals surface area contributed by atoms with E-state index in [2.05, 4.69) is 36.9 Å². The quantitative estimate of drug-likeness (QED) is 0.906. The largest absolute Gasteiger partial charge is 0.492 e. The smallest absolute Gasteiger partial charge is 0.142 e.